The van der Waals surface area contributed by atoms with E-state index in [1.807, 2.05) is 0 Å². The van der Waals surface area contributed by atoms with Crippen molar-refractivity contribution in [3.63, 3.8) is 0 Å². The van der Waals surface area contributed by atoms with E-state index in [9.17, 15) is 13.2 Å². The average molecular weight is 309 g/mol. The number of esters is 1. The SMILES string of the molecule is COC(=O)c1ccc(Cl)c(CS(C)=O)c1S(C)=O. The fraction of sp³-hybridized carbons (Fsp3) is 0.364. The van der Waals surface area contributed by atoms with E-state index in [0.717, 1.165) is 0 Å². The van der Waals surface area contributed by atoms with Crippen molar-refractivity contribution in [2.24, 2.45) is 0 Å². The first kappa shape index (κ1) is 15.3. The van der Waals surface area contributed by atoms with Gasteiger partial charge >= 0.3 is 5.97 Å². The van der Waals surface area contributed by atoms with E-state index in [1.165, 1.54) is 31.8 Å². The topological polar surface area (TPSA) is 60.4 Å². The molecule has 7 heteroatoms. The maximum absolute atomic E-state index is 11.8. The van der Waals surface area contributed by atoms with E-state index in [-0.39, 0.29) is 11.3 Å². The van der Waals surface area contributed by atoms with E-state index in [2.05, 4.69) is 4.74 Å². The monoisotopic (exact) mass is 308 g/mol. The lowest BCUT2D eigenvalue weighted by Crippen LogP contribution is -2.11. The van der Waals surface area contributed by atoms with Crippen LogP contribution in [0.25, 0.3) is 0 Å². The zero-order valence-electron chi connectivity index (χ0n) is 10.2. The molecule has 0 aliphatic rings. The van der Waals surface area contributed by atoms with Crippen molar-refractivity contribution in [1.82, 2.24) is 0 Å². The molecule has 0 saturated carbocycles. The summed E-state index contributed by atoms with van der Waals surface area (Å²) in [7, 11) is -1.32. The Hall–Kier alpha value is -0.720. The highest BCUT2D eigenvalue weighted by Crippen LogP contribution is 2.28. The van der Waals surface area contributed by atoms with Crippen molar-refractivity contribution in [1.29, 1.82) is 0 Å². The second-order valence-electron chi connectivity index (χ2n) is 3.57. The molecule has 0 N–H and O–H groups in total. The van der Waals surface area contributed by atoms with Crippen LogP contribution in [-0.2, 0) is 32.1 Å². The highest BCUT2D eigenvalue weighted by molar-refractivity contribution is 7.85. The molecule has 0 spiro atoms. The van der Waals surface area contributed by atoms with Gasteiger partial charge in [0.05, 0.1) is 34.1 Å². The zero-order chi connectivity index (χ0) is 13.9. The van der Waals surface area contributed by atoms with E-state index in [4.69, 9.17) is 11.6 Å². The number of carbonyl (C=O) groups excluding carboxylic acids is 1. The second kappa shape index (κ2) is 6.45. The number of methoxy groups -OCH3 is 1. The van der Waals surface area contributed by atoms with Crippen LogP contribution in [0.1, 0.15) is 15.9 Å². The first-order valence-electron chi connectivity index (χ1n) is 4.91. The van der Waals surface area contributed by atoms with Crippen molar-refractivity contribution in [3.8, 4) is 0 Å². The molecule has 0 fully saturated rings. The van der Waals surface area contributed by atoms with E-state index in [1.54, 1.807) is 0 Å². The molecule has 0 amide bonds. The van der Waals surface area contributed by atoms with Crippen molar-refractivity contribution < 1.29 is 17.9 Å². The van der Waals surface area contributed by atoms with Gasteiger partial charge in [0.15, 0.2) is 0 Å². The Bertz CT molecular complexity index is 528. The molecule has 0 aliphatic heterocycles. The van der Waals surface area contributed by atoms with Crippen LogP contribution in [0.15, 0.2) is 17.0 Å². The van der Waals surface area contributed by atoms with E-state index in [0.29, 0.717) is 15.5 Å². The summed E-state index contributed by atoms with van der Waals surface area (Å²) in [5, 5.41) is 0.350. The van der Waals surface area contributed by atoms with Crippen LogP contribution in [0.5, 0.6) is 0 Å². The number of hydrogen-bond donors (Lipinski definition) is 0. The minimum atomic E-state index is -1.42. The number of ether oxygens (including phenoxy) is 1. The molecule has 0 aliphatic carbocycles. The molecule has 2 unspecified atom stereocenters. The Balaban J connectivity index is 3.52. The van der Waals surface area contributed by atoms with Crippen molar-refractivity contribution in [3.05, 3.63) is 28.3 Å². The smallest absolute Gasteiger partial charge is 0.339 e. The minimum absolute atomic E-state index is 0.151. The van der Waals surface area contributed by atoms with E-state index >= 15 is 0 Å². The largest absolute Gasteiger partial charge is 0.465 e. The molecule has 100 valence electrons. The molecule has 0 saturated heterocycles. The Morgan fingerprint density at radius 2 is 1.94 bits per heavy atom. The molecule has 2 atom stereocenters. The number of halogens is 1. The molecule has 1 aromatic rings. The summed E-state index contributed by atoms with van der Waals surface area (Å²) in [5.41, 5.74) is 0.671. The molecule has 1 rings (SSSR count). The van der Waals surface area contributed by atoms with Gasteiger partial charge in [0.25, 0.3) is 0 Å². The molecule has 0 radical (unpaired) electrons. The molecule has 1 aromatic carbocycles. The zero-order valence-corrected chi connectivity index (χ0v) is 12.6. The van der Waals surface area contributed by atoms with Gasteiger partial charge in [0.1, 0.15) is 0 Å². The maximum atomic E-state index is 11.8. The van der Waals surface area contributed by atoms with Gasteiger partial charge in [-0.1, -0.05) is 11.6 Å². The third kappa shape index (κ3) is 3.40. The fourth-order valence-corrected chi connectivity index (χ4v) is 3.69. The molecule has 4 nitrogen and oxygen atoms in total. The summed E-state index contributed by atoms with van der Waals surface area (Å²) < 4.78 is 27.7. The van der Waals surface area contributed by atoms with Gasteiger partial charge in [0, 0.05) is 33.9 Å². The standard InChI is InChI=1S/C11H13ClO4S2/c1-16-11(13)7-4-5-9(12)8(6-17(2)14)10(7)18(3)15/h4-5H,6H2,1-3H3. The van der Waals surface area contributed by atoms with Crippen LogP contribution in [0, 0.1) is 0 Å². The van der Waals surface area contributed by atoms with Gasteiger partial charge in [0.2, 0.25) is 0 Å². The van der Waals surface area contributed by atoms with Crippen LogP contribution in [0.4, 0.5) is 0 Å². The van der Waals surface area contributed by atoms with Crippen LogP contribution < -0.4 is 0 Å². The lowest BCUT2D eigenvalue weighted by Gasteiger charge is -2.12. The number of rotatable bonds is 4. The first-order valence-corrected chi connectivity index (χ1v) is 8.58. The molecule has 0 heterocycles. The summed E-state index contributed by atoms with van der Waals surface area (Å²) in [4.78, 5) is 11.9. The van der Waals surface area contributed by atoms with Gasteiger partial charge in [-0.2, -0.15) is 0 Å². The van der Waals surface area contributed by atoms with Gasteiger partial charge < -0.3 is 4.74 Å². The molecule has 18 heavy (non-hydrogen) atoms. The lowest BCUT2D eigenvalue weighted by molar-refractivity contribution is 0.0596. The van der Waals surface area contributed by atoms with Gasteiger partial charge in [-0.3, -0.25) is 8.42 Å². The highest BCUT2D eigenvalue weighted by atomic mass is 35.5. The lowest BCUT2D eigenvalue weighted by atomic mass is 10.1. The number of benzene rings is 1. The van der Waals surface area contributed by atoms with Crippen LogP contribution in [-0.4, -0.2) is 34.0 Å². The van der Waals surface area contributed by atoms with Crippen LogP contribution in [0.3, 0.4) is 0 Å². The summed E-state index contributed by atoms with van der Waals surface area (Å²) in [5.74, 6) is -0.432. The predicted octanol–water partition coefficient (Wildman–Crippen LogP) is 1.74. The third-order valence-corrected chi connectivity index (χ3v) is 4.33. The van der Waals surface area contributed by atoms with Gasteiger partial charge in [-0.05, 0) is 12.1 Å². The van der Waals surface area contributed by atoms with Crippen molar-refractivity contribution in [2.45, 2.75) is 10.6 Å². The van der Waals surface area contributed by atoms with Crippen LogP contribution >= 0.6 is 11.6 Å². The number of carbonyl (C=O) groups is 1. The molecular weight excluding hydrogens is 296 g/mol. The maximum Gasteiger partial charge on any atom is 0.339 e. The minimum Gasteiger partial charge on any atom is -0.465 e. The Kier molecular flexibility index (Phi) is 5.49. The van der Waals surface area contributed by atoms with E-state index < -0.39 is 27.6 Å². The summed E-state index contributed by atoms with van der Waals surface area (Å²) in [6, 6.07) is 2.99. The fourth-order valence-electron chi connectivity index (χ4n) is 1.54. The predicted molar refractivity (Wildman–Crippen MR) is 72.9 cm³/mol. The summed E-state index contributed by atoms with van der Waals surface area (Å²) in [6.07, 6.45) is 2.96. The van der Waals surface area contributed by atoms with Gasteiger partial charge in [-0.15, -0.1) is 0 Å². The highest BCUT2D eigenvalue weighted by Gasteiger charge is 2.21. The summed E-state index contributed by atoms with van der Waals surface area (Å²) >= 11 is 6.02. The quantitative estimate of drug-likeness (QED) is 0.795. The molecule has 0 aromatic heterocycles. The van der Waals surface area contributed by atoms with Crippen LogP contribution in [0.2, 0.25) is 5.02 Å². The second-order valence-corrected chi connectivity index (χ2v) is 6.72. The van der Waals surface area contributed by atoms with Crippen molar-refractivity contribution >= 4 is 39.2 Å². The van der Waals surface area contributed by atoms with Gasteiger partial charge in [-0.25, -0.2) is 4.79 Å². The molecule has 0 bridgehead atoms. The third-order valence-electron chi connectivity index (χ3n) is 2.24. The Morgan fingerprint density at radius 1 is 1.33 bits per heavy atom. The summed E-state index contributed by atoms with van der Waals surface area (Å²) in [6.45, 7) is 0. The van der Waals surface area contributed by atoms with Crippen molar-refractivity contribution in [2.75, 3.05) is 19.6 Å². The average Bonchev–Trinajstić information content (AvgIpc) is 2.29. The Labute approximate surface area is 116 Å². The number of hydrogen-bond acceptors (Lipinski definition) is 4. The Morgan fingerprint density at radius 3 is 2.39 bits per heavy atom. The first-order chi connectivity index (χ1) is 8.38. The molecular formula is C11H13ClO4S2. The normalized spacial score (nSPS) is 14.0.